The predicted octanol–water partition coefficient (Wildman–Crippen LogP) is 0.551. The highest BCUT2D eigenvalue weighted by molar-refractivity contribution is 6.04. The van der Waals surface area contributed by atoms with Crippen molar-refractivity contribution in [3.05, 3.63) is 12.2 Å². The van der Waals surface area contributed by atoms with Crippen LogP contribution in [0.3, 0.4) is 0 Å². The number of ketones is 1. The summed E-state index contributed by atoms with van der Waals surface area (Å²) in [7, 11) is 1.32. The molecule has 3 unspecified atom stereocenters. The normalized spacial score (nSPS) is 37.4. The molecule has 0 aliphatic heterocycles. The van der Waals surface area contributed by atoms with Crippen molar-refractivity contribution in [2.45, 2.75) is 6.42 Å². The third-order valence-corrected chi connectivity index (χ3v) is 2.67. The maximum Gasteiger partial charge on any atom is 0.316 e. The standard InChI is InChI=1S/C9H10O3/c1-12-9(11)7-5-2-3-6(4-5)8(7)10/h2-3,5-7H,4H2,1H3. The van der Waals surface area contributed by atoms with Crippen LogP contribution in [0.2, 0.25) is 0 Å². The number of methoxy groups -OCH3 is 1. The third kappa shape index (κ3) is 0.823. The van der Waals surface area contributed by atoms with Gasteiger partial charge in [-0.25, -0.2) is 0 Å². The van der Waals surface area contributed by atoms with Crippen molar-refractivity contribution in [1.82, 2.24) is 0 Å². The van der Waals surface area contributed by atoms with Crippen LogP contribution >= 0.6 is 0 Å². The monoisotopic (exact) mass is 166 g/mol. The van der Waals surface area contributed by atoms with E-state index in [1.807, 2.05) is 12.2 Å². The number of rotatable bonds is 1. The minimum absolute atomic E-state index is 0.0147. The largest absolute Gasteiger partial charge is 0.468 e. The van der Waals surface area contributed by atoms with Crippen molar-refractivity contribution >= 4 is 11.8 Å². The highest BCUT2D eigenvalue weighted by Gasteiger charge is 2.47. The molecule has 0 radical (unpaired) electrons. The lowest BCUT2D eigenvalue weighted by Gasteiger charge is -2.13. The van der Waals surface area contributed by atoms with Gasteiger partial charge in [-0.05, 0) is 12.3 Å². The Balaban J connectivity index is 2.23. The number of ether oxygens (including phenoxy) is 1. The number of carbonyl (C=O) groups is 2. The van der Waals surface area contributed by atoms with Gasteiger partial charge in [-0.1, -0.05) is 12.2 Å². The van der Waals surface area contributed by atoms with Crippen LogP contribution in [0.1, 0.15) is 6.42 Å². The number of fused-ring (bicyclic) bond motifs is 2. The van der Waals surface area contributed by atoms with E-state index in [-0.39, 0.29) is 23.6 Å². The number of hydrogen-bond acceptors (Lipinski definition) is 3. The first-order valence-corrected chi connectivity index (χ1v) is 4.04. The summed E-state index contributed by atoms with van der Waals surface area (Å²) in [6.07, 6.45) is 4.65. The molecule has 0 aromatic heterocycles. The minimum Gasteiger partial charge on any atom is -0.468 e. The Kier molecular flexibility index (Phi) is 1.53. The Bertz CT molecular complexity index is 267. The van der Waals surface area contributed by atoms with Gasteiger partial charge < -0.3 is 4.74 Å². The minimum atomic E-state index is -0.509. The number of hydrogen-bond donors (Lipinski definition) is 0. The van der Waals surface area contributed by atoms with Gasteiger partial charge in [0.05, 0.1) is 7.11 Å². The molecule has 0 aromatic rings. The van der Waals surface area contributed by atoms with Crippen molar-refractivity contribution in [1.29, 1.82) is 0 Å². The first-order valence-electron chi connectivity index (χ1n) is 4.04. The summed E-state index contributed by atoms with van der Waals surface area (Å²) in [5.41, 5.74) is 0. The summed E-state index contributed by atoms with van der Waals surface area (Å²) in [5.74, 6) is -0.759. The lowest BCUT2D eigenvalue weighted by Crippen LogP contribution is -2.28. The molecular weight excluding hydrogens is 156 g/mol. The predicted molar refractivity (Wildman–Crippen MR) is 41.3 cm³/mol. The van der Waals surface area contributed by atoms with E-state index in [2.05, 4.69) is 4.74 Å². The van der Waals surface area contributed by atoms with E-state index < -0.39 is 5.92 Å². The lowest BCUT2D eigenvalue weighted by atomic mass is 9.93. The van der Waals surface area contributed by atoms with Crippen LogP contribution in [-0.2, 0) is 14.3 Å². The fourth-order valence-corrected chi connectivity index (χ4v) is 2.04. The molecule has 2 aliphatic rings. The fourth-order valence-electron chi connectivity index (χ4n) is 2.04. The molecule has 0 spiro atoms. The molecule has 0 N–H and O–H groups in total. The molecule has 2 rings (SSSR count). The van der Waals surface area contributed by atoms with Gasteiger partial charge in [-0.2, -0.15) is 0 Å². The summed E-state index contributed by atoms with van der Waals surface area (Å²) in [5, 5.41) is 0. The van der Waals surface area contributed by atoms with E-state index in [9.17, 15) is 9.59 Å². The molecule has 1 fully saturated rings. The summed E-state index contributed by atoms with van der Waals surface area (Å²) in [6, 6.07) is 0. The van der Waals surface area contributed by atoms with E-state index in [4.69, 9.17) is 0 Å². The Hall–Kier alpha value is -1.12. The molecule has 0 aromatic carbocycles. The van der Waals surface area contributed by atoms with Gasteiger partial charge in [-0.15, -0.1) is 0 Å². The molecule has 0 heterocycles. The van der Waals surface area contributed by atoms with Gasteiger partial charge in [0, 0.05) is 5.92 Å². The molecule has 0 amide bonds. The topological polar surface area (TPSA) is 43.4 Å². The maximum atomic E-state index is 11.4. The Morgan fingerprint density at radius 2 is 2.33 bits per heavy atom. The third-order valence-electron chi connectivity index (χ3n) is 2.67. The zero-order valence-electron chi connectivity index (χ0n) is 6.82. The van der Waals surface area contributed by atoms with Crippen molar-refractivity contribution in [3.8, 4) is 0 Å². The first kappa shape index (κ1) is 7.53. The second kappa shape index (κ2) is 2.44. The summed E-state index contributed by atoms with van der Waals surface area (Å²) in [6.45, 7) is 0. The highest BCUT2D eigenvalue weighted by atomic mass is 16.5. The van der Waals surface area contributed by atoms with E-state index in [0.717, 1.165) is 6.42 Å². The van der Waals surface area contributed by atoms with Crippen LogP contribution < -0.4 is 0 Å². The summed E-state index contributed by atoms with van der Waals surface area (Å²) >= 11 is 0. The lowest BCUT2D eigenvalue weighted by molar-refractivity contribution is -0.149. The van der Waals surface area contributed by atoms with Crippen molar-refractivity contribution < 1.29 is 14.3 Å². The highest BCUT2D eigenvalue weighted by Crippen LogP contribution is 2.41. The average molecular weight is 166 g/mol. The number of allylic oxidation sites excluding steroid dienone is 2. The van der Waals surface area contributed by atoms with Gasteiger partial charge >= 0.3 is 5.97 Å². The maximum absolute atomic E-state index is 11.4. The Morgan fingerprint density at radius 1 is 1.58 bits per heavy atom. The second-order valence-electron chi connectivity index (χ2n) is 3.29. The van der Waals surface area contributed by atoms with Gasteiger partial charge in [0.1, 0.15) is 5.92 Å². The molecular formula is C9H10O3. The van der Waals surface area contributed by atoms with Crippen LogP contribution in [0.5, 0.6) is 0 Å². The zero-order valence-corrected chi connectivity index (χ0v) is 6.82. The van der Waals surface area contributed by atoms with Crippen molar-refractivity contribution in [2.24, 2.45) is 17.8 Å². The van der Waals surface area contributed by atoms with Crippen molar-refractivity contribution in [2.75, 3.05) is 7.11 Å². The van der Waals surface area contributed by atoms with Crippen LogP contribution in [0.4, 0.5) is 0 Å². The Morgan fingerprint density at radius 3 is 2.83 bits per heavy atom. The second-order valence-corrected chi connectivity index (χ2v) is 3.29. The number of Topliss-reactive ketones (excluding diaryl/α,β-unsaturated/α-hetero) is 1. The average Bonchev–Trinajstić information content (AvgIpc) is 2.63. The van der Waals surface area contributed by atoms with E-state index >= 15 is 0 Å². The summed E-state index contributed by atoms with van der Waals surface area (Å²) < 4.78 is 4.56. The molecule has 64 valence electrons. The molecule has 3 nitrogen and oxygen atoms in total. The fraction of sp³-hybridized carbons (Fsp3) is 0.556. The molecule has 2 bridgehead atoms. The molecule has 3 heteroatoms. The quantitative estimate of drug-likeness (QED) is 0.324. The van der Waals surface area contributed by atoms with E-state index in [1.165, 1.54) is 7.11 Å². The van der Waals surface area contributed by atoms with E-state index in [1.54, 1.807) is 0 Å². The smallest absolute Gasteiger partial charge is 0.316 e. The number of carbonyl (C=O) groups excluding carboxylic acids is 2. The van der Waals surface area contributed by atoms with Crippen molar-refractivity contribution in [3.63, 3.8) is 0 Å². The van der Waals surface area contributed by atoms with Crippen LogP contribution in [0, 0.1) is 17.8 Å². The Labute approximate surface area is 70.4 Å². The van der Waals surface area contributed by atoms with Gasteiger partial charge in [-0.3, -0.25) is 9.59 Å². The first-order chi connectivity index (χ1) is 5.74. The summed E-state index contributed by atoms with van der Waals surface area (Å²) in [4.78, 5) is 22.6. The van der Waals surface area contributed by atoms with Gasteiger partial charge in [0.15, 0.2) is 5.78 Å². The molecule has 3 atom stereocenters. The SMILES string of the molecule is COC(=O)C1C(=O)C2C=CC1C2. The van der Waals surface area contributed by atoms with Crippen LogP contribution in [0.15, 0.2) is 12.2 Å². The van der Waals surface area contributed by atoms with Gasteiger partial charge in [0.2, 0.25) is 0 Å². The van der Waals surface area contributed by atoms with Crippen LogP contribution in [-0.4, -0.2) is 18.9 Å². The molecule has 12 heavy (non-hydrogen) atoms. The van der Waals surface area contributed by atoms with E-state index in [0.29, 0.717) is 0 Å². The molecule has 1 saturated carbocycles. The zero-order chi connectivity index (χ0) is 8.72. The molecule has 0 saturated heterocycles. The van der Waals surface area contributed by atoms with Gasteiger partial charge in [0.25, 0.3) is 0 Å². The van der Waals surface area contributed by atoms with Crippen LogP contribution in [0.25, 0.3) is 0 Å². The molecule has 2 aliphatic carbocycles. The number of esters is 1.